The highest BCUT2D eigenvalue weighted by molar-refractivity contribution is 6.27. The van der Waals surface area contributed by atoms with Gasteiger partial charge in [-0.25, -0.2) is 9.59 Å². The van der Waals surface area contributed by atoms with Crippen LogP contribution in [0.3, 0.4) is 0 Å². The van der Waals surface area contributed by atoms with E-state index in [4.69, 9.17) is 34.0 Å². The molecule has 0 aromatic heterocycles. The molecule has 3 aromatic rings. The van der Waals surface area contributed by atoms with Crippen molar-refractivity contribution in [2.75, 3.05) is 27.9 Å². The van der Waals surface area contributed by atoms with E-state index in [0.29, 0.717) is 6.04 Å². The number of benzene rings is 3. The highest BCUT2D eigenvalue weighted by atomic mass is 16.5. The van der Waals surface area contributed by atoms with Gasteiger partial charge in [-0.2, -0.15) is 0 Å². The van der Waals surface area contributed by atoms with E-state index in [-0.39, 0.29) is 0 Å². The van der Waals surface area contributed by atoms with E-state index in [0.717, 1.165) is 43.1 Å². The first-order valence-corrected chi connectivity index (χ1v) is 12.6. The molecule has 1 unspecified atom stereocenters. The summed E-state index contributed by atoms with van der Waals surface area (Å²) in [5.74, 6) is -1.21. The van der Waals surface area contributed by atoms with Gasteiger partial charge in [-0.05, 0) is 79.3 Å². The van der Waals surface area contributed by atoms with Crippen molar-refractivity contribution in [1.29, 1.82) is 0 Å². The number of methoxy groups -OCH3 is 3. The molecule has 0 fully saturated rings. The van der Waals surface area contributed by atoms with Gasteiger partial charge in [-0.3, -0.25) is 0 Å². The molecule has 0 saturated carbocycles. The minimum Gasteiger partial charge on any atom is -0.497 e. The van der Waals surface area contributed by atoms with Crippen LogP contribution in [0.1, 0.15) is 35.6 Å². The van der Waals surface area contributed by atoms with Crippen LogP contribution < -0.4 is 19.5 Å². The summed E-state index contributed by atoms with van der Waals surface area (Å²) in [5, 5.41) is 18.4. The van der Waals surface area contributed by atoms with Crippen molar-refractivity contribution in [3.63, 3.8) is 0 Å². The quantitative estimate of drug-likeness (QED) is 0.214. The molecule has 39 heavy (non-hydrogen) atoms. The minimum absolute atomic E-state index is 0.405. The van der Waals surface area contributed by atoms with E-state index < -0.39 is 11.9 Å². The molecule has 0 radical (unpaired) electrons. The normalized spacial score (nSPS) is 11.3. The highest BCUT2D eigenvalue weighted by Crippen LogP contribution is 2.27. The molecule has 0 amide bonds. The lowest BCUT2D eigenvalue weighted by atomic mass is 9.99. The van der Waals surface area contributed by atoms with Gasteiger partial charge in [0.2, 0.25) is 0 Å². The number of carboxylic acids is 2. The Labute approximate surface area is 229 Å². The third-order valence-corrected chi connectivity index (χ3v) is 5.99. The second-order valence-corrected chi connectivity index (χ2v) is 8.75. The summed E-state index contributed by atoms with van der Waals surface area (Å²) >= 11 is 0. The van der Waals surface area contributed by atoms with Crippen LogP contribution in [0.15, 0.2) is 66.7 Å². The molecule has 0 bridgehead atoms. The molecule has 1 atom stereocenters. The number of hydrogen-bond donors (Lipinski definition) is 3. The van der Waals surface area contributed by atoms with E-state index in [9.17, 15) is 0 Å². The van der Waals surface area contributed by atoms with Crippen LogP contribution in [-0.4, -0.2) is 56.1 Å². The Balaban J connectivity index is 0.000000798. The van der Waals surface area contributed by atoms with Crippen molar-refractivity contribution in [2.45, 2.75) is 32.2 Å². The van der Waals surface area contributed by atoms with Crippen LogP contribution in [0.25, 0.3) is 12.2 Å². The van der Waals surface area contributed by atoms with Crippen LogP contribution in [-0.2, 0) is 22.4 Å². The minimum atomic E-state index is -1.82. The van der Waals surface area contributed by atoms with E-state index >= 15 is 0 Å². The van der Waals surface area contributed by atoms with Crippen molar-refractivity contribution in [3.05, 3.63) is 89.0 Å². The van der Waals surface area contributed by atoms with Crippen LogP contribution in [0.2, 0.25) is 0 Å². The Bertz CT molecular complexity index is 1210. The number of carbonyl (C=O) groups is 2. The first kappa shape index (κ1) is 30.9. The largest absolute Gasteiger partial charge is 0.497 e. The van der Waals surface area contributed by atoms with Gasteiger partial charge in [-0.1, -0.05) is 54.6 Å². The van der Waals surface area contributed by atoms with Gasteiger partial charge in [-0.15, -0.1) is 0 Å². The Morgan fingerprint density at radius 2 is 1.51 bits per heavy atom. The SMILES string of the molecule is COc1ccc(/C=C/c2ccccc2)c(CCC(C)NCCc2ccc(OC)c(OC)c2)c1.O=C(O)C(=O)O. The summed E-state index contributed by atoms with van der Waals surface area (Å²) in [4.78, 5) is 18.2. The first-order valence-electron chi connectivity index (χ1n) is 12.6. The Morgan fingerprint density at radius 3 is 2.13 bits per heavy atom. The standard InChI is InChI=1S/C29H35NO3.C2H2O4/c1-22(30-19-18-24-12-17-28(32-3)29(20-24)33-4)10-13-26-21-27(31-2)16-15-25(26)14-11-23-8-6-5-7-9-23;3-1(4)2(5)6/h5-9,11-12,14-17,20-22,30H,10,13,18-19H2,1-4H3;(H,3,4)(H,5,6)/b14-11+;. The predicted octanol–water partition coefficient (Wildman–Crippen LogP) is 5.19. The molecule has 0 aliphatic carbocycles. The molecule has 8 heteroatoms. The van der Waals surface area contributed by atoms with Crippen LogP contribution in [0, 0.1) is 0 Å². The van der Waals surface area contributed by atoms with E-state index in [1.807, 2.05) is 24.3 Å². The molecule has 0 saturated heterocycles. The van der Waals surface area contributed by atoms with Crippen LogP contribution in [0.4, 0.5) is 0 Å². The molecule has 8 nitrogen and oxygen atoms in total. The fraction of sp³-hybridized carbons (Fsp3) is 0.290. The van der Waals surface area contributed by atoms with Gasteiger partial charge in [0.1, 0.15) is 5.75 Å². The van der Waals surface area contributed by atoms with Gasteiger partial charge in [0.25, 0.3) is 0 Å². The second kappa shape index (κ2) is 16.5. The van der Waals surface area contributed by atoms with Crippen molar-refractivity contribution in [2.24, 2.45) is 0 Å². The van der Waals surface area contributed by atoms with Gasteiger partial charge < -0.3 is 29.7 Å². The number of aryl methyl sites for hydroxylation is 1. The molecule has 0 heterocycles. The zero-order chi connectivity index (χ0) is 28.6. The van der Waals surface area contributed by atoms with Crippen LogP contribution >= 0.6 is 0 Å². The lowest BCUT2D eigenvalue weighted by molar-refractivity contribution is -0.159. The fourth-order valence-electron chi connectivity index (χ4n) is 3.81. The van der Waals surface area contributed by atoms with Crippen molar-refractivity contribution < 1.29 is 34.0 Å². The molecule has 0 aliphatic heterocycles. The molecule has 3 aromatic carbocycles. The average molecular weight is 536 g/mol. The zero-order valence-corrected chi connectivity index (χ0v) is 22.8. The third-order valence-electron chi connectivity index (χ3n) is 5.99. The third kappa shape index (κ3) is 10.9. The van der Waals surface area contributed by atoms with Gasteiger partial charge in [0, 0.05) is 6.04 Å². The van der Waals surface area contributed by atoms with Crippen molar-refractivity contribution in [1.82, 2.24) is 5.32 Å². The van der Waals surface area contributed by atoms with Gasteiger partial charge >= 0.3 is 11.9 Å². The molecule has 3 N–H and O–H groups in total. The van der Waals surface area contributed by atoms with Crippen molar-refractivity contribution in [3.8, 4) is 17.2 Å². The van der Waals surface area contributed by atoms with Crippen LogP contribution in [0.5, 0.6) is 17.2 Å². The number of carboxylic acid groups (broad SMARTS) is 2. The smallest absolute Gasteiger partial charge is 0.414 e. The maximum absolute atomic E-state index is 9.10. The summed E-state index contributed by atoms with van der Waals surface area (Å²) in [6, 6.07) is 23.2. The van der Waals surface area contributed by atoms with E-state index in [1.165, 1.54) is 22.3 Å². The average Bonchev–Trinajstić information content (AvgIpc) is 2.95. The molecule has 0 aliphatic rings. The second-order valence-electron chi connectivity index (χ2n) is 8.75. The highest BCUT2D eigenvalue weighted by Gasteiger charge is 2.08. The summed E-state index contributed by atoms with van der Waals surface area (Å²) < 4.78 is 16.2. The Morgan fingerprint density at radius 1 is 0.821 bits per heavy atom. The molecule has 0 spiro atoms. The summed E-state index contributed by atoms with van der Waals surface area (Å²) in [6.45, 7) is 3.16. The maximum Gasteiger partial charge on any atom is 0.414 e. The monoisotopic (exact) mass is 535 g/mol. The maximum atomic E-state index is 9.10. The number of nitrogens with one attached hydrogen (secondary N) is 1. The Hall–Kier alpha value is -4.30. The van der Waals surface area contributed by atoms with Gasteiger partial charge in [0.15, 0.2) is 11.5 Å². The summed E-state index contributed by atoms with van der Waals surface area (Å²) in [6.07, 6.45) is 7.33. The Kier molecular flexibility index (Phi) is 13.1. The molecular weight excluding hydrogens is 498 g/mol. The lowest BCUT2D eigenvalue weighted by Crippen LogP contribution is -2.28. The zero-order valence-electron chi connectivity index (χ0n) is 22.8. The fourth-order valence-corrected chi connectivity index (χ4v) is 3.81. The van der Waals surface area contributed by atoms with Gasteiger partial charge in [0.05, 0.1) is 21.3 Å². The molecule has 3 rings (SSSR count). The molecular formula is C31H37NO7. The summed E-state index contributed by atoms with van der Waals surface area (Å²) in [5.41, 5.74) is 4.96. The number of hydrogen-bond acceptors (Lipinski definition) is 6. The lowest BCUT2D eigenvalue weighted by Gasteiger charge is -2.16. The topological polar surface area (TPSA) is 114 Å². The molecule has 208 valence electrons. The summed E-state index contributed by atoms with van der Waals surface area (Å²) in [7, 11) is 5.05. The number of aliphatic carboxylic acids is 2. The van der Waals surface area contributed by atoms with E-state index in [1.54, 1.807) is 21.3 Å². The predicted molar refractivity (Wildman–Crippen MR) is 153 cm³/mol. The number of ether oxygens (including phenoxy) is 3. The van der Waals surface area contributed by atoms with Crippen molar-refractivity contribution >= 4 is 24.1 Å². The number of rotatable bonds is 12. The first-order chi connectivity index (χ1) is 18.8. The van der Waals surface area contributed by atoms with E-state index in [2.05, 4.69) is 66.9 Å².